The highest BCUT2D eigenvalue weighted by molar-refractivity contribution is 7.14. The van der Waals surface area contributed by atoms with Crippen LogP contribution in [0.1, 0.15) is 30.1 Å². The molecule has 110 valence electrons. The topological polar surface area (TPSA) is 95.7 Å². The molecule has 0 spiro atoms. The summed E-state index contributed by atoms with van der Waals surface area (Å²) in [5, 5.41) is 14.4. The van der Waals surface area contributed by atoms with Gasteiger partial charge in [-0.05, 0) is 31.2 Å². The van der Waals surface area contributed by atoms with E-state index < -0.39 is 5.91 Å². The van der Waals surface area contributed by atoms with Crippen LogP contribution in [0.2, 0.25) is 0 Å². The number of hydrogen-bond acceptors (Lipinski definition) is 5. The molecule has 2 rings (SSSR count). The van der Waals surface area contributed by atoms with Gasteiger partial charge in [0.1, 0.15) is 5.00 Å². The molecular formula is C13H19N3O3S. The second-order valence-corrected chi connectivity index (χ2v) is 5.88. The minimum absolute atomic E-state index is 0.161. The summed E-state index contributed by atoms with van der Waals surface area (Å²) in [5.74, 6) is -0.707. The van der Waals surface area contributed by atoms with Crippen LogP contribution in [-0.4, -0.2) is 47.1 Å². The first-order valence-electron chi connectivity index (χ1n) is 6.59. The van der Waals surface area contributed by atoms with Crippen molar-refractivity contribution in [3.8, 4) is 0 Å². The predicted octanol–water partition coefficient (Wildman–Crippen LogP) is 0.631. The van der Waals surface area contributed by atoms with Gasteiger partial charge in [-0.3, -0.25) is 14.5 Å². The summed E-state index contributed by atoms with van der Waals surface area (Å²) in [4.78, 5) is 25.4. The first kappa shape index (κ1) is 15.0. The maximum Gasteiger partial charge on any atom is 0.251 e. The highest BCUT2D eigenvalue weighted by Gasteiger charge is 2.26. The number of rotatable bonds is 4. The standard InChI is InChI=1S/C13H19N3O3S/c1-8(16-5-2-9(17)3-6-16)12(19)15-13-10(11(14)18)4-7-20-13/h4,7-9,17H,2-3,5-6H2,1H3,(H2,14,18)(H,15,19)/t8-/m0/s1. The maximum absolute atomic E-state index is 12.2. The van der Waals surface area contributed by atoms with Crippen molar-refractivity contribution >= 4 is 28.2 Å². The smallest absolute Gasteiger partial charge is 0.251 e. The summed E-state index contributed by atoms with van der Waals surface area (Å²) < 4.78 is 0. The zero-order valence-electron chi connectivity index (χ0n) is 11.3. The summed E-state index contributed by atoms with van der Waals surface area (Å²) in [6.07, 6.45) is 1.10. The van der Waals surface area contributed by atoms with E-state index in [2.05, 4.69) is 5.32 Å². The summed E-state index contributed by atoms with van der Waals surface area (Å²) in [6.45, 7) is 3.22. The van der Waals surface area contributed by atoms with Crippen LogP contribution in [-0.2, 0) is 4.79 Å². The number of amides is 2. The van der Waals surface area contributed by atoms with Gasteiger partial charge in [-0.2, -0.15) is 0 Å². The Labute approximate surface area is 121 Å². The van der Waals surface area contributed by atoms with Crippen LogP contribution in [0, 0.1) is 0 Å². The molecule has 20 heavy (non-hydrogen) atoms. The Bertz CT molecular complexity index is 495. The van der Waals surface area contributed by atoms with Gasteiger partial charge in [0.2, 0.25) is 5.91 Å². The van der Waals surface area contributed by atoms with E-state index in [1.807, 2.05) is 11.8 Å². The number of piperidine rings is 1. The number of likely N-dealkylation sites (tertiary alicyclic amines) is 1. The molecule has 1 fully saturated rings. The number of thiophene rings is 1. The van der Waals surface area contributed by atoms with Crippen molar-refractivity contribution in [1.82, 2.24) is 4.90 Å². The first-order chi connectivity index (χ1) is 9.49. The molecular weight excluding hydrogens is 278 g/mol. The van der Waals surface area contributed by atoms with Crippen molar-refractivity contribution in [2.75, 3.05) is 18.4 Å². The van der Waals surface area contributed by atoms with E-state index in [-0.39, 0.29) is 18.1 Å². The molecule has 0 saturated carbocycles. The van der Waals surface area contributed by atoms with Crippen LogP contribution >= 0.6 is 11.3 Å². The van der Waals surface area contributed by atoms with Gasteiger partial charge in [-0.1, -0.05) is 0 Å². The van der Waals surface area contributed by atoms with Crippen LogP contribution in [0.25, 0.3) is 0 Å². The van der Waals surface area contributed by atoms with E-state index >= 15 is 0 Å². The van der Waals surface area contributed by atoms with Crippen molar-refractivity contribution in [2.24, 2.45) is 5.73 Å². The number of primary amides is 1. The quantitative estimate of drug-likeness (QED) is 0.759. The van der Waals surface area contributed by atoms with E-state index in [1.54, 1.807) is 11.4 Å². The van der Waals surface area contributed by atoms with Crippen molar-refractivity contribution in [3.63, 3.8) is 0 Å². The number of aliphatic hydroxyl groups is 1. The summed E-state index contributed by atoms with van der Waals surface area (Å²) >= 11 is 1.28. The second-order valence-electron chi connectivity index (χ2n) is 4.96. The molecule has 0 aliphatic carbocycles. The van der Waals surface area contributed by atoms with Gasteiger partial charge in [0.25, 0.3) is 5.91 Å². The number of anilines is 1. The molecule has 1 saturated heterocycles. The fraction of sp³-hybridized carbons (Fsp3) is 0.538. The van der Waals surface area contributed by atoms with Crippen molar-refractivity contribution in [1.29, 1.82) is 0 Å². The van der Waals surface area contributed by atoms with Crippen LogP contribution in [0.15, 0.2) is 11.4 Å². The number of carbonyl (C=O) groups excluding carboxylic acids is 2. The Hall–Kier alpha value is -1.44. The molecule has 1 aromatic heterocycles. The SMILES string of the molecule is C[C@@H](C(=O)Nc1sccc1C(N)=O)N1CCC(O)CC1. The molecule has 1 aliphatic heterocycles. The minimum Gasteiger partial charge on any atom is -0.393 e. The Morgan fingerprint density at radius 2 is 2.15 bits per heavy atom. The van der Waals surface area contributed by atoms with Gasteiger partial charge < -0.3 is 16.2 Å². The molecule has 1 atom stereocenters. The number of nitrogens with zero attached hydrogens (tertiary/aromatic N) is 1. The number of nitrogens with two attached hydrogens (primary N) is 1. The van der Waals surface area contributed by atoms with Gasteiger partial charge >= 0.3 is 0 Å². The fourth-order valence-electron chi connectivity index (χ4n) is 2.26. The van der Waals surface area contributed by atoms with Gasteiger partial charge in [0.05, 0.1) is 17.7 Å². The maximum atomic E-state index is 12.2. The first-order valence-corrected chi connectivity index (χ1v) is 7.47. The predicted molar refractivity (Wildman–Crippen MR) is 77.7 cm³/mol. The van der Waals surface area contributed by atoms with E-state index in [4.69, 9.17) is 5.73 Å². The lowest BCUT2D eigenvalue weighted by Crippen LogP contribution is -2.47. The van der Waals surface area contributed by atoms with Gasteiger partial charge in [-0.15, -0.1) is 11.3 Å². The second kappa shape index (κ2) is 6.34. The van der Waals surface area contributed by atoms with Crippen LogP contribution in [0.4, 0.5) is 5.00 Å². The average molecular weight is 297 g/mol. The van der Waals surface area contributed by atoms with Gasteiger partial charge in [-0.25, -0.2) is 0 Å². The molecule has 0 aromatic carbocycles. The molecule has 1 aliphatic rings. The Balaban J connectivity index is 1.97. The lowest BCUT2D eigenvalue weighted by molar-refractivity contribution is -0.121. The molecule has 6 nitrogen and oxygen atoms in total. The lowest BCUT2D eigenvalue weighted by Gasteiger charge is -2.33. The Morgan fingerprint density at radius 3 is 2.75 bits per heavy atom. The minimum atomic E-state index is -0.546. The summed E-state index contributed by atoms with van der Waals surface area (Å²) in [5.41, 5.74) is 5.58. The Kier molecular flexibility index (Phi) is 4.74. The van der Waals surface area contributed by atoms with E-state index in [9.17, 15) is 14.7 Å². The van der Waals surface area contributed by atoms with Gasteiger partial charge in [0, 0.05) is 13.1 Å². The number of aliphatic hydroxyl groups excluding tert-OH is 1. The number of nitrogens with one attached hydrogen (secondary N) is 1. The largest absolute Gasteiger partial charge is 0.393 e. The normalized spacial score (nSPS) is 18.7. The van der Waals surface area contributed by atoms with Crippen LogP contribution < -0.4 is 11.1 Å². The average Bonchev–Trinajstić information content (AvgIpc) is 2.87. The third-order valence-electron chi connectivity index (χ3n) is 3.59. The number of carbonyl (C=O) groups is 2. The van der Waals surface area contributed by atoms with Crippen molar-refractivity contribution in [2.45, 2.75) is 31.9 Å². The molecule has 0 bridgehead atoms. The molecule has 7 heteroatoms. The van der Waals surface area contributed by atoms with Gasteiger partial charge in [0.15, 0.2) is 0 Å². The fourth-order valence-corrected chi connectivity index (χ4v) is 3.05. The zero-order valence-corrected chi connectivity index (χ0v) is 12.2. The molecule has 4 N–H and O–H groups in total. The van der Waals surface area contributed by atoms with Crippen LogP contribution in [0.5, 0.6) is 0 Å². The molecule has 1 aromatic rings. The van der Waals surface area contributed by atoms with Crippen LogP contribution in [0.3, 0.4) is 0 Å². The molecule has 0 unspecified atom stereocenters. The third-order valence-corrected chi connectivity index (χ3v) is 4.42. The van der Waals surface area contributed by atoms with Crippen molar-refractivity contribution < 1.29 is 14.7 Å². The van der Waals surface area contributed by atoms with E-state index in [0.29, 0.717) is 36.5 Å². The molecule has 2 amide bonds. The molecule has 0 radical (unpaired) electrons. The zero-order chi connectivity index (χ0) is 14.7. The third kappa shape index (κ3) is 3.36. The number of hydrogen-bond donors (Lipinski definition) is 3. The highest BCUT2D eigenvalue weighted by Crippen LogP contribution is 2.23. The lowest BCUT2D eigenvalue weighted by atomic mass is 10.1. The Morgan fingerprint density at radius 1 is 1.50 bits per heavy atom. The summed E-state index contributed by atoms with van der Waals surface area (Å²) in [7, 11) is 0. The summed E-state index contributed by atoms with van der Waals surface area (Å²) in [6, 6.07) is 1.30. The van der Waals surface area contributed by atoms with Crippen molar-refractivity contribution in [3.05, 3.63) is 17.0 Å². The highest BCUT2D eigenvalue weighted by atomic mass is 32.1. The monoisotopic (exact) mass is 297 g/mol. The van der Waals surface area contributed by atoms with E-state index in [0.717, 1.165) is 0 Å². The van der Waals surface area contributed by atoms with E-state index in [1.165, 1.54) is 11.3 Å². The molecule has 2 heterocycles.